The summed E-state index contributed by atoms with van der Waals surface area (Å²) in [5.41, 5.74) is 4.98. The van der Waals surface area contributed by atoms with Gasteiger partial charge in [0.1, 0.15) is 0 Å². The van der Waals surface area contributed by atoms with E-state index in [1.807, 2.05) is 0 Å². The Morgan fingerprint density at radius 1 is 1.08 bits per heavy atom. The molecule has 0 aliphatic heterocycles. The van der Waals surface area contributed by atoms with E-state index in [2.05, 4.69) is 0 Å². The maximum absolute atomic E-state index is 10.3. The molecule has 0 saturated heterocycles. The van der Waals surface area contributed by atoms with E-state index in [4.69, 9.17) is 5.73 Å². The van der Waals surface area contributed by atoms with Crippen LogP contribution in [0.4, 0.5) is 0 Å². The maximum atomic E-state index is 10.3. The van der Waals surface area contributed by atoms with Crippen molar-refractivity contribution in [2.75, 3.05) is 6.54 Å². The zero-order valence-corrected chi connectivity index (χ0v) is 8.41. The van der Waals surface area contributed by atoms with Crippen LogP contribution in [0.15, 0.2) is 0 Å². The Morgan fingerprint density at radius 2 is 1.46 bits per heavy atom. The van der Waals surface area contributed by atoms with Crippen LogP contribution in [-0.2, 0) is 9.13 Å². The monoisotopic (exact) mass is 229 g/mol. The average Bonchev–Trinajstić information content (AvgIpc) is 1.81. The Morgan fingerprint density at radius 3 is 1.69 bits per heavy atom. The van der Waals surface area contributed by atoms with Crippen molar-refractivity contribution in [1.82, 2.24) is 0 Å². The summed E-state index contributed by atoms with van der Waals surface area (Å²) in [5.74, 6) is 0. The molecule has 80 valence electrons. The van der Waals surface area contributed by atoms with Crippen LogP contribution in [0.1, 0.15) is 12.8 Å². The fraction of sp³-hybridized carbons (Fsp3) is 1.00. The predicted octanol–water partition coefficient (Wildman–Crippen LogP) is -3.12. The van der Waals surface area contributed by atoms with Crippen molar-refractivity contribution in [3.63, 3.8) is 0 Å². The first-order valence-corrected chi connectivity index (χ1v) is 6.65. The van der Waals surface area contributed by atoms with E-state index in [0.717, 1.165) is 0 Å². The maximum Gasteiger partial charge on any atom is 0.0144 e. The van der Waals surface area contributed by atoms with Gasteiger partial charge < -0.3 is 34.4 Å². The minimum absolute atomic E-state index is 0.00755. The van der Waals surface area contributed by atoms with E-state index in [0.29, 0.717) is 0 Å². The van der Waals surface area contributed by atoms with Crippen molar-refractivity contribution in [2.45, 2.75) is 18.2 Å². The summed E-state index contributed by atoms with van der Waals surface area (Å²) in [6.07, 6.45) is -0.515. The smallest absolute Gasteiger partial charge is 0.0144 e. The average molecular weight is 229 g/mol. The second-order valence-electron chi connectivity index (χ2n) is 2.49. The number of hydrogen-bond donors (Lipinski definition) is 1. The molecule has 0 saturated carbocycles. The fourth-order valence-electron chi connectivity index (χ4n) is 0.790. The molecule has 0 fully saturated rings. The Kier molecular flexibility index (Phi) is 4.76. The van der Waals surface area contributed by atoms with Crippen molar-refractivity contribution in [1.29, 1.82) is 0 Å². The normalized spacial score (nSPS) is 13.7. The van der Waals surface area contributed by atoms with Gasteiger partial charge in [0, 0.05) is 5.40 Å². The van der Waals surface area contributed by atoms with Gasteiger partial charge in [-0.3, -0.25) is 0 Å². The summed E-state index contributed by atoms with van der Waals surface area (Å²) in [6.45, 7) is 0.0243. The molecule has 0 unspecified atom stereocenters. The van der Waals surface area contributed by atoms with E-state index in [9.17, 15) is 28.7 Å². The van der Waals surface area contributed by atoms with Gasteiger partial charge in [-0.1, -0.05) is 15.2 Å². The topological polar surface area (TPSA) is 152 Å². The van der Waals surface area contributed by atoms with Gasteiger partial charge in [0.05, 0.1) is 0 Å². The minimum Gasteiger partial charge on any atom is -0.810 e. The highest BCUT2D eigenvalue weighted by Crippen LogP contribution is 2.52. The summed E-state index contributed by atoms with van der Waals surface area (Å²) in [7, 11) is -10.7. The third-order valence-electron chi connectivity index (χ3n) is 1.40. The molecular formula is C4H9NO6P2-4. The molecule has 0 aromatic heterocycles. The Bertz CT molecular complexity index is 221. The van der Waals surface area contributed by atoms with Crippen LogP contribution in [0.2, 0.25) is 0 Å². The van der Waals surface area contributed by atoms with Gasteiger partial charge >= 0.3 is 0 Å². The lowest BCUT2D eigenvalue weighted by Crippen LogP contribution is -2.34. The van der Waals surface area contributed by atoms with E-state index >= 15 is 0 Å². The van der Waals surface area contributed by atoms with Crippen LogP contribution in [0, 0.1) is 0 Å². The minimum atomic E-state index is -5.37. The first kappa shape index (κ1) is 13.3. The number of nitrogens with two attached hydrogens (primary N) is 1. The second-order valence-corrected chi connectivity index (χ2v) is 6.30. The Hall–Kier alpha value is 0.260. The molecule has 0 atom stereocenters. The lowest BCUT2D eigenvalue weighted by molar-refractivity contribution is -0.330. The van der Waals surface area contributed by atoms with Crippen LogP contribution in [0.5, 0.6) is 0 Å². The summed E-state index contributed by atoms with van der Waals surface area (Å²) < 4.78 is 20.7. The van der Waals surface area contributed by atoms with Crippen molar-refractivity contribution in [3.8, 4) is 0 Å². The quantitative estimate of drug-likeness (QED) is 0.489. The van der Waals surface area contributed by atoms with Crippen molar-refractivity contribution in [3.05, 3.63) is 0 Å². The predicted molar refractivity (Wildman–Crippen MR) is 37.3 cm³/mol. The number of hydrogen-bond acceptors (Lipinski definition) is 7. The zero-order valence-electron chi connectivity index (χ0n) is 6.62. The largest absolute Gasteiger partial charge is 0.810 e. The van der Waals surface area contributed by atoms with E-state index in [-0.39, 0.29) is 13.0 Å². The first-order chi connectivity index (χ1) is 5.69. The van der Waals surface area contributed by atoms with E-state index in [1.165, 1.54) is 0 Å². The van der Waals surface area contributed by atoms with Crippen LogP contribution in [0.25, 0.3) is 0 Å². The van der Waals surface area contributed by atoms with Crippen LogP contribution in [-0.4, -0.2) is 11.9 Å². The first-order valence-electron chi connectivity index (χ1n) is 3.43. The highest BCUT2D eigenvalue weighted by molar-refractivity contribution is 7.68. The summed E-state index contributed by atoms with van der Waals surface area (Å²) in [5, 5.41) is -2.36. The number of rotatable bonds is 5. The molecule has 0 aliphatic rings. The SMILES string of the molecule is NCCCC(P(=O)([O-])[O-])P(=O)([O-])[O-]. The van der Waals surface area contributed by atoms with Gasteiger partial charge in [0.15, 0.2) is 0 Å². The highest BCUT2D eigenvalue weighted by atomic mass is 31.2. The molecule has 0 aromatic rings. The Labute approximate surface area is 75.3 Å². The van der Waals surface area contributed by atoms with Gasteiger partial charge in [0.2, 0.25) is 0 Å². The lowest BCUT2D eigenvalue weighted by atomic mass is 10.3. The molecule has 0 aromatic carbocycles. The van der Waals surface area contributed by atoms with Crippen molar-refractivity contribution >= 4 is 15.2 Å². The van der Waals surface area contributed by atoms with Crippen LogP contribution in [0.3, 0.4) is 0 Å². The van der Waals surface area contributed by atoms with Gasteiger partial charge in [-0.15, -0.1) is 0 Å². The molecule has 7 nitrogen and oxygen atoms in total. The van der Waals surface area contributed by atoms with Crippen molar-refractivity contribution in [2.24, 2.45) is 5.73 Å². The van der Waals surface area contributed by atoms with Gasteiger partial charge in [-0.05, 0) is 19.4 Å². The third kappa shape index (κ3) is 4.88. The molecule has 0 amide bonds. The van der Waals surface area contributed by atoms with E-state index < -0.39 is 27.0 Å². The molecule has 0 rings (SSSR count). The molecular weight excluding hydrogens is 220 g/mol. The van der Waals surface area contributed by atoms with E-state index in [1.54, 1.807) is 0 Å². The third-order valence-corrected chi connectivity index (χ3v) is 5.07. The summed E-state index contributed by atoms with van der Waals surface area (Å²) in [4.78, 5) is 41.4. The van der Waals surface area contributed by atoms with Gasteiger partial charge in [0.25, 0.3) is 0 Å². The molecule has 9 heteroatoms. The molecule has 0 aliphatic carbocycles. The zero-order chi connectivity index (χ0) is 10.7. The molecule has 2 N–H and O–H groups in total. The molecule has 0 heterocycles. The van der Waals surface area contributed by atoms with Crippen LogP contribution < -0.4 is 25.3 Å². The lowest BCUT2D eigenvalue weighted by Gasteiger charge is -2.49. The molecule has 0 spiro atoms. The van der Waals surface area contributed by atoms with Crippen molar-refractivity contribution < 1.29 is 28.7 Å². The fourth-order valence-corrected chi connectivity index (χ4v) is 3.17. The summed E-state index contributed by atoms with van der Waals surface area (Å²) in [6, 6.07) is 0. The second kappa shape index (κ2) is 4.66. The van der Waals surface area contributed by atoms with Gasteiger partial charge in [-0.2, -0.15) is 0 Å². The van der Waals surface area contributed by atoms with Gasteiger partial charge in [-0.25, -0.2) is 0 Å². The highest BCUT2D eigenvalue weighted by Gasteiger charge is 2.16. The standard InChI is InChI=1S/C4H13NO6P2/c5-3-1-2-4(12(6,7)8)13(9,10)11/h4H,1-3,5H2,(H2,6,7,8)(H2,9,10,11)/p-4. The molecule has 0 radical (unpaired) electrons. The van der Waals surface area contributed by atoms with Crippen LogP contribution >= 0.6 is 15.2 Å². The molecule has 0 bridgehead atoms. The Balaban J connectivity index is 4.59. The molecule has 13 heavy (non-hydrogen) atoms. The summed E-state index contributed by atoms with van der Waals surface area (Å²) >= 11 is 0.